The van der Waals surface area contributed by atoms with Gasteiger partial charge in [-0.2, -0.15) is 9.74 Å². The summed E-state index contributed by atoms with van der Waals surface area (Å²) in [7, 11) is 0. The Balaban J connectivity index is 2.11. The highest BCUT2D eigenvalue weighted by molar-refractivity contribution is 9.10. The molecule has 2 aromatic rings. The molecule has 0 aromatic heterocycles. The summed E-state index contributed by atoms with van der Waals surface area (Å²) in [6, 6.07) is 20.2. The van der Waals surface area contributed by atoms with Gasteiger partial charge < -0.3 is 0 Å². The Labute approximate surface area is 165 Å². The van der Waals surface area contributed by atoms with Gasteiger partial charge in [0.1, 0.15) is 11.8 Å². The van der Waals surface area contributed by atoms with Crippen LogP contribution in [0.5, 0.6) is 0 Å². The van der Waals surface area contributed by atoms with Crippen molar-refractivity contribution in [1.82, 2.24) is 4.48 Å². The minimum Gasteiger partial charge on any atom is -0.202 e. The number of thioether (sulfide) groups is 1. The quantitative estimate of drug-likeness (QED) is 0.360. The Kier molecular flexibility index (Phi) is 5.50. The molecule has 0 saturated heterocycles. The number of halogens is 1. The summed E-state index contributed by atoms with van der Waals surface area (Å²) in [5.74, 6) is 0.689. The summed E-state index contributed by atoms with van der Waals surface area (Å²) in [6.07, 6.45) is 1.79. The highest BCUT2D eigenvalue weighted by atomic mass is 79.9. The van der Waals surface area contributed by atoms with Crippen LogP contribution >= 0.6 is 39.9 Å². The van der Waals surface area contributed by atoms with Gasteiger partial charge in [0.15, 0.2) is 4.91 Å². The topological polar surface area (TPSA) is 36.1 Å². The van der Waals surface area contributed by atoms with E-state index in [0.717, 1.165) is 20.0 Å². The van der Waals surface area contributed by atoms with Crippen molar-refractivity contribution in [3.8, 4) is 6.07 Å². The zero-order valence-electron chi connectivity index (χ0n) is 13.5. The fraction of sp³-hybridized carbons (Fsp3) is 0.105. The first kappa shape index (κ1) is 18.0. The Bertz CT molecular complexity index is 899. The molecule has 3 rings (SSSR count). The van der Waals surface area contributed by atoms with E-state index in [1.165, 1.54) is 11.8 Å². The summed E-state index contributed by atoms with van der Waals surface area (Å²) in [6.45, 7) is 2.77. The second kappa shape index (κ2) is 7.63. The molecule has 0 fully saturated rings. The van der Waals surface area contributed by atoms with Crippen LogP contribution in [0.4, 0.5) is 5.69 Å². The second-order valence-electron chi connectivity index (χ2n) is 5.40. The molecule has 0 radical (unpaired) electrons. The smallest absolute Gasteiger partial charge is 0.202 e. The van der Waals surface area contributed by atoms with Crippen molar-refractivity contribution in [2.24, 2.45) is 4.99 Å². The van der Waals surface area contributed by atoms with Crippen molar-refractivity contribution >= 4 is 56.1 Å². The van der Waals surface area contributed by atoms with E-state index in [9.17, 15) is 5.26 Å². The van der Waals surface area contributed by atoms with Crippen LogP contribution in [0.15, 0.2) is 74.8 Å². The largest absolute Gasteiger partial charge is 0.264 e. The maximum atomic E-state index is 9.58. The van der Waals surface area contributed by atoms with Crippen LogP contribution in [-0.4, -0.2) is 17.1 Å². The number of aliphatic imine (C=N–C) groups is 1. The molecule has 1 heterocycles. The average Bonchev–Trinajstić information content (AvgIpc) is 2.93. The highest BCUT2D eigenvalue weighted by Gasteiger charge is 2.48. The number of benzene rings is 2. The third-order valence-corrected chi connectivity index (χ3v) is 6.10. The second-order valence-corrected chi connectivity index (χ2v) is 7.96. The van der Waals surface area contributed by atoms with Crippen LogP contribution in [-0.2, 0) is 0 Å². The zero-order chi connectivity index (χ0) is 17.9. The number of nitrogens with zero attached hydrogens (tertiary/aromatic N) is 3. The molecule has 1 aliphatic rings. The first-order valence-corrected chi connectivity index (χ1v) is 9.74. The van der Waals surface area contributed by atoms with Gasteiger partial charge in [-0.3, -0.25) is 0 Å². The lowest BCUT2D eigenvalue weighted by atomic mass is 10.2. The van der Waals surface area contributed by atoms with Gasteiger partial charge in [-0.1, -0.05) is 46.3 Å². The van der Waals surface area contributed by atoms with E-state index in [2.05, 4.69) is 28.9 Å². The molecule has 0 aliphatic carbocycles. The third kappa shape index (κ3) is 3.33. The van der Waals surface area contributed by atoms with Gasteiger partial charge in [0.2, 0.25) is 0 Å². The molecule has 0 amide bonds. The number of quaternary nitrogens is 1. The van der Waals surface area contributed by atoms with Gasteiger partial charge in [-0.25, -0.2) is 4.99 Å². The van der Waals surface area contributed by atoms with Gasteiger partial charge in [-0.05, 0) is 36.8 Å². The van der Waals surface area contributed by atoms with E-state index in [1.807, 2.05) is 54.6 Å². The van der Waals surface area contributed by atoms with Crippen LogP contribution < -0.4 is 4.48 Å². The first-order chi connectivity index (χ1) is 12.1. The van der Waals surface area contributed by atoms with Crippen molar-refractivity contribution in [2.75, 3.05) is 6.54 Å². The number of hydrogen-bond donors (Lipinski definition) is 0. The van der Waals surface area contributed by atoms with E-state index >= 15 is 0 Å². The van der Waals surface area contributed by atoms with Crippen LogP contribution in [0.3, 0.4) is 0 Å². The molecule has 1 atom stereocenters. The Morgan fingerprint density at radius 2 is 1.88 bits per heavy atom. The molecular formula is C19H15BrN3S2+. The molecule has 124 valence electrons. The number of thiocarbonyl (C=S) groups is 1. The first-order valence-electron chi connectivity index (χ1n) is 7.72. The predicted molar refractivity (Wildman–Crippen MR) is 113 cm³/mol. The SMILES string of the molecule is CC[N+]1(c2ccccc2)C(=S)SC(C#N)=C1N=Cc1ccc(Br)cc1. The molecule has 1 unspecified atom stereocenters. The maximum Gasteiger partial charge on any atom is 0.264 e. The molecule has 25 heavy (non-hydrogen) atoms. The Hall–Kier alpha value is -1.78. The van der Waals surface area contributed by atoms with E-state index in [0.29, 0.717) is 21.8 Å². The van der Waals surface area contributed by atoms with Gasteiger partial charge in [-0.15, -0.1) is 0 Å². The molecule has 6 heteroatoms. The number of rotatable bonds is 4. The summed E-state index contributed by atoms with van der Waals surface area (Å²) >= 11 is 10.4. The van der Waals surface area contributed by atoms with Crippen molar-refractivity contribution in [3.63, 3.8) is 0 Å². The minimum atomic E-state index is 0.316. The van der Waals surface area contributed by atoms with Gasteiger partial charge in [0.05, 0.1) is 6.54 Å². The molecule has 1 aliphatic heterocycles. The number of para-hydroxylation sites is 1. The van der Waals surface area contributed by atoms with Crippen molar-refractivity contribution in [1.29, 1.82) is 5.26 Å². The number of nitriles is 1. The van der Waals surface area contributed by atoms with Gasteiger partial charge in [0, 0.05) is 34.6 Å². The molecule has 2 aromatic carbocycles. The summed E-state index contributed by atoms with van der Waals surface area (Å²) in [5.41, 5.74) is 1.99. The maximum absolute atomic E-state index is 9.58. The minimum absolute atomic E-state index is 0.316. The molecule has 0 bridgehead atoms. The van der Waals surface area contributed by atoms with E-state index in [1.54, 1.807) is 6.21 Å². The number of allylic oxidation sites excluding steroid dienone is 1. The van der Waals surface area contributed by atoms with Crippen LogP contribution in [0.2, 0.25) is 0 Å². The molecule has 3 nitrogen and oxygen atoms in total. The predicted octanol–water partition coefficient (Wildman–Crippen LogP) is 5.62. The van der Waals surface area contributed by atoms with Crippen molar-refractivity contribution < 1.29 is 0 Å². The fourth-order valence-corrected chi connectivity index (χ4v) is 4.59. The fourth-order valence-electron chi connectivity index (χ4n) is 2.76. The van der Waals surface area contributed by atoms with Crippen LogP contribution in [0.1, 0.15) is 12.5 Å². The summed E-state index contributed by atoms with van der Waals surface area (Å²) < 4.78 is 2.06. The van der Waals surface area contributed by atoms with Crippen LogP contribution in [0.25, 0.3) is 0 Å². The zero-order valence-corrected chi connectivity index (χ0v) is 16.7. The molecule has 0 saturated carbocycles. The van der Waals surface area contributed by atoms with Gasteiger partial charge in [0.25, 0.3) is 10.1 Å². The summed E-state index contributed by atoms with van der Waals surface area (Å²) in [5, 5.41) is 9.58. The Morgan fingerprint density at radius 1 is 1.20 bits per heavy atom. The lowest BCUT2D eigenvalue weighted by molar-refractivity contribution is 0.538. The molecule has 0 spiro atoms. The molecular weight excluding hydrogens is 414 g/mol. The lowest BCUT2D eigenvalue weighted by Crippen LogP contribution is -2.48. The normalized spacial score (nSPS) is 20.3. The van der Waals surface area contributed by atoms with E-state index in [4.69, 9.17) is 17.2 Å². The third-order valence-electron chi connectivity index (χ3n) is 4.04. The lowest BCUT2D eigenvalue weighted by Gasteiger charge is -2.30. The molecule has 0 N–H and O–H groups in total. The van der Waals surface area contributed by atoms with Gasteiger partial charge >= 0.3 is 0 Å². The van der Waals surface area contributed by atoms with E-state index in [-0.39, 0.29) is 0 Å². The highest BCUT2D eigenvalue weighted by Crippen LogP contribution is 2.45. The van der Waals surface area contributed by atoms with Crippen LogP contribution in [0, 0.1) is 11.3 Å². The van der Waals surface area contributed by atoms with E-state index < -0.39 is 0 Å². The average molecular weight is 429 g/mol. The Morgan fingerprint density at radius 3 is 2.48 bits per heavy atom. The summed E-state index contributed by atoms with van der Waals surface area (Å²) in [4.78, 5) is 5.27. The monoisotopic (exact) mass is 428 g/mol. The van der Waals surface area contributed by atoms with Crippen molar-refractivity contribution in [3.05, 3.63) is 75.4 Å². The number of hydrogen-bond acceptors (Lipinski definition) is 4. The standard InChI is InChI=1S/C19H15BrN3S2/c1-2-23(16-6-4-3-5-7-16)18(17(12-21)25-19(23)24)22-13-14-8-10-15(20)11-9-14/h3-11,13H,2H2,1H3/q+1. The van der Waals surface area contributed by atoms with Crippen molar-refractivity contribution in [2.45, 2.75) is 6.92 Å².